The minimum Gasteiger partial charge on any atom is -0.296 e. The van der Waals surface area contributed by atoms with E-state index >= 15 is 0 Å². The number of nitrogens with zero attached hydrogens (tertiary/aromatic N) is 2. The first kappa shape index (κ1) is 14.5. The Morgan fingerprint density at radius 1 is 0.875 bits per heavy atom. The summed E-state index contributed by atoms with van der Waals surface area (Å²) in [5.41, 5.74) is 3.06. The van der Waals surface area contributed by atoms with Crippen molar-refractivity contribution in [3.63, 3.8) is 0 Å². The molecule has 0 unspecified atom stereocenters. The first-order valence-electron chi connectivity index (χ1n) is 7.48. The summed E-state index contributed by atoms with van der Waals surface area (Å²) in [4.78, 5) is 21.3. The van der Waals surface area contributed by atoms with Crippen LogP contribution in [0.2, 0.25) is 0 Å². The molecule has 0 radical (unpaired) electrons. The lowest BCUT2D eigenvalue weighted by Gasteiger charge is -2.03. The Morgan fingerprint density at radius 3 is 2.54 bits per heavy atom. The van der Waals surface area contributed by atoms with Gasteiger partial charge in [0.25, 0.3) is 5.91 Å². The fraction of sp³-hybridized carbons (Fsp3) is 0. The Kier molecular flexibility index (Phi) is 3.76. The van der Waals surface area contributed by atoms with Crippen LogP contribution in [-0.2, 0) is 0 Å². The highest BCUT2D eigenvalue weighted by Gasteiger charge is 2.11. The zero-order valence-corrected chi connectivity index (χ0v) is 13.5. The average molecular weight is 331 g/mol. The van der Waals surface area contributed by atoms with E-state index in [1.54, 1.807) is 6.07 Å². The maximum atomic E-state index is 12.4. The van der Waals surface area contributed by atoms with Crippen molar-refractivity contribution in [3.8, 4) is 11.3 Å². The fourth-order valence-corrected chi connectivity index (χ4v) is 3.14. The Hall–Kier alpha value is -3.05. The summed E-state index contributed by atoms with van der Waals surface area (Å²) >= 11 is 1.40. The molecule has 4 rings (SSSR count). The molecule has 4 aromatic rings. The van der Waals surface area contributed by atoms with Crippen LogP contribution in [0.4, 0.5) is 5.13 Å². The molecule has 2 heterocycles. The highest BCUT2D eigenvalue weighted by atomic mass is 32.1. The van der Waals surface area contributed by atoms with Gasteiger partial charge in [-0.3, -0.25) is 10.1 Å². The number of rotatable bonds is 3. The van der Waals surface area contributed by atoms with Gasteiger partial charge in [0.15, 0.2) is 5.13 Å². The molecule has 2 aromatic carbocycles. The van der Waals surface area contributed by atoms with Gasteiger partial charge >= 0.3 is 0 Å². The van der Waals surface area contributed by atoms with Crippen LogP contribution in [-0.4, -0.2) is 15.9 Å². The molecule has 0 spiro atoms. The summed E-state index contributed by atoms with van der Waals surface area (Å²) in [5.74, 6) is -0.255. The summed E-state index contributed by atoms with van der Waals surface area (Å²) in [6, 6.07) is 21.2. The molecular weight excluding hydrogens is 318 g/mol. The molecule has 1 amide bonds. The molecule has 0 aliphatic rings. The number of hydrogen-bond donors (Lipinski definition) is 1. The van der Waals surface area contributed by atoms with E-state index in [4.69, 9.17) is 0 Å². The van der Waals surface area contributed by atoms with Gasteiger partial charge in [0.05, 0.1) is 11.2 Å². The van der Waals surface area contributed by atoms with Crippen molar-refractivity contribution in [3.05, 3.63) is 77.8 Å². The van der Waals surface area contributed by atoms with E-state index in [0.717, 1.165) is 22.2 Å². The van der Waals surface area contributed by atoms with Gasteiger partial charge in [-0.15, -0.1) is 11.3 Å². The van der Waals surface area contributed by atoms with E-state index in [9.17, 15) is 4.79 Å². The number of carbonyl (C=O) groups is 1. The zero-order valence-electron chi connectivity index (χ0n) is 12.6. The largest absolute Gasteiger partial charge is 0.296 e. The third-order valence-corrected chi connectivity index (χ3v) is 4.38. The Labute approximate surface area is 142 Å². The number of benzene rings is 2. The number of hydrogen-bond acceptors (Lipinski definition) is 4. The Bertz CT molecular complexity index is 1010. The lowest BCUT2D eigenvalue weighted by atomic mass is 10.2. The third kappa shape index (κ3) is 2.89. The molecule has 0 bridgehead atoms. The maximum absolute atomic E-state index is 12.4. The molecule has 1 N–H and O–H groups in total. The number of fused-ring (bicyclic) bond motifs is 1. The summed E-state index contributed by atoms with van der Waals surface area (Å²) in [6.45, 7) is 0. The van der Waals surface area contributed by atoms with Crippen molar-refractivity contribution in [2.45, 2.75) is 0 Å². The van der Waals surface area contributed by atoms with E-state index in [2.05, 4.69) is 15.3 Å². The predicted octanol–water partition coefficient (Wildman–Crippen LogP) is 4.61. The SMILES string of the molecule is O=C(Nc1nc(-c2ccccc2)cs1)c1ccc2ccccc2n1. The minimum absolute atomic E-state index is 0.255. The number of thiazole rings is 1. The van der Waals surface area contributed by atoms with Crippen molar-refractivity contribution < 1.29 is 4.79 Å². The smallest absolute Gasteiger partial charge is 0.276 e. The molecule has 4 nitrogen and oxygen atoms in total. The number of para-hydroxylation sites is 1. The predicted molar refractivity (Wildman–Crippen MR) is 97.2 cm³/mol. The summed E-state index contributed by atoms with van der Waals surface area (Å²) < 4.78 is 0. The second-order valence-electron chi connectivity index (χ2n) is 5.25. The lowest BCUT2D eigenvalue weighted by molar-refractivity contribution is 0.102. The standard InChI is InChI=1S/C19H13N3OS/c23-18(16-11-10-14-8-4-5-9-15(14)20-16)22-19-21-17(12-24-19)13-6-2-1-3-7-13/h1-12H,(H,21,22,23). The molecular formula is C19H13N3OS. The van der Waals surface area contributed by atoms with Gasteiger partial charge in [0.1, 0.15) is 5.69 Å². The third-order valence-electron chi connectivity index (χ3n) is 3.63. The molecule has 0 saturated carbocycles. The quantitative estimate of drug-likeness (QED) is 0.596. The Balaban J connectivity index is 1.56. The molecule has 0 atom stereocenters. The minimum atomic E-state index is -0.255. The fourth-order valence-electron chi connectivity index (χ4n) is 2.43. The number of anilines is 1. The van der Waals surface area contributed by atoms with E-state index in [1.165, 1.54) is 11.3 Å². The van der Waals surface area contributed by atoms with Gasteiger partial charge in [0.2, 0.25) is 0 Å². The second-order valence-corrected chi connectivity index (χ2v) is 6.11. The van der Waals surface area contributed by atoms with E-state index in [0.29, 0.717) is 10.8 Å². The van der Waals surface area contributed by atoms with Gasteiger partial charge in [0, 0.05) is 16.3 Å². The molecule has 116 valence electrons. The van der Waals surface area contributed by atoms with Crippen molar-refractivity contribution in [2.24, 2.45) is 0 Å². The van der Waals surface area contributed by atoms with Crippen molar-refractivity contribution in [1.82, 2.24) is 9.97 Å². The van der Waals surface area contributed by atoms with Crippen LogP contribution in [0.15, 0.2) is 72.1 Å². The number of aromatic nitrogens is 2. The van der Waals surface area contributed by atoms with Crippen molar-refractivity contribution >= 4 is 33.3 Å². The highest BCUT2D eigenvalue weighted by Crippen LogP contribution is 2.25. The van der Waals surface area contributed by atoms with Gasteiger partial charge in [-0.1, -0.05) is 54.6 Å². The average Bonchev–Trinajstić information content (AvgIpc) is 3.10. The summed E-state index contributed by atoms with van der Waals surface area (Å²) in [7, 11) is 0. The van der Waals surface area contributed by atoms with Crippen molar-refractivity contribution in [1.29, 1.82) is 0 Å². The van der Waals surface area contributed by atoms with Crippen LogP contribution in [0.25, 0.3) is 22.2 Å². The van der Waals surface area contributed by atoms with Gasteiger partial charge < -0.3 is 0 Å². The summed E-state index contributed by atoms with van der Waals surface area (Å²) in [5, 5.41) is 6.32. The topological polar surface area (TPSA) is 54.9 Å². The van der Waals surface area contributed by atoms with E-state index in [-0.39, 0.29) is 5.91 Å². The van der Waals surface area contributed by atoms with Crippen LogP contribution in [0.3, 0.4) is 0 Å². The van der Waals surface area contributed by atoms with E-state index < -0.39 is 0 Å². The zero-order chi connectivity index (χ0) is 16.4. The molecule has 0 fully saturated rings. The number of pyridine rings is 1. The highest BCUT2D eigenvalue weighted by molar-refractivity contribution is 7.14. The Morgan fingerprint density at radius 2 is 1.67 bits per heavy atom. The van der Waals surface area contributed by atoms with Crippen LogP contribution < -0.4 is 5.32 Å². The van der Waals surface area contributed by atoms with Gasteiger partial charge in [-0.2, -0.15) is 0 Å². The monoisotopic (exact) mass is 331 g/mol. The lowest BCUT2D eigenvalue weighted by Crippen LogP contribution is -2.13. The first-order valence-corrected chi connectivity index (χ1v) is 8.36. The molecule has 5 heteroatoms. The summed E-state index contributed by atoms with van der Waals surface area (Å²) in [6.07, 6.45) is 0. The number of carbonyl (C=O) groups excluding carboxylic acids is 1. The van der Waals surface area contributed by atoms with Crippen LogP contribution >= 0.6 is 11.3 Å². The first-order chi connectivity index (χ1) is 11.8. The van der Waals surface area contributed by atoms with Crippen LogP contribution in [0.1, 0.15) is 10.5 Å². The number of amides is 1. The molecule has 0 aliphatic heterocycles. The van der Waals surface area contributed by atoms with Crippen molar-refractivity contribution in [2.75, 3.05) is 5.32 Å². The van der Waals surface area contributed by atoms with Gasteiger partial charge in [-0.25, -0.2) is 9.97 Å². The van der Waals surface area contributed by atoms with Gasteiger partial charge in [-0.05, 0) is 12.1 Å². The second kappa shape index (κ2) is 6.22. The molecule has 24 heavy (non-hydrogen) atoms. The van der Waals surface area contributed by atoms with Crippen LogP contribution in [0, 0.1) is 0 Å². The molecule has 2 aromatic heterocycles. The van der Waals surface area contributed by atoms with E-state index in [1.807, 2.05) is 66.0 Å². The van der Waals surface area contributed by atoms with Crippen LogP contribution in [0.5, 0.6) is 0 Å². The number of nitrogens with one attached hydrogen (secondary N) is 1. The molecule has 0 saturated heterocycles. The molecule has 0 aliphatic carbocycles. The maximum Gasteiger partial charge on any atom is 0.276 e. The normalized spacial score (nSPS) is 10.7.